The van der Waals surface area contributed by atoms with Crippen molar-refractivity contribution in [3.05, 3.63) is 29.0 Å². The van der Waals surface area contributed by atoms with Crippen molar-refractivity contribution in [2.24, 2.45) is 11.7 Å². The summed E-state index contributed by atoms with van der Waals surface area (Å²) in [6.45, 7) is 0. The summed E-state index contributed by atoms with van der Waals surface area (Å²) in [6, 6.07) is 2.04. The number of hydrogen-bond donors (Lipinski definition) is 1. The molecule has 14 heavy (non-hydrogen) atoms. The lowest BCUT2D eigenvalue weighted by atomic mass is 10.1. The minimum absolute atomic E-state index is 0. The molecule has 2 rings (SSSR count). The molecule has 2 N–H and O–H groups in total. The summed E-state index contributed by atoms with van der Waals surface area (Å²) in [5, 5.41) is 0.670. The van der Waals surface area contributed by atoms with Gasteiger partial charge in [0.05, 0.1) is 5.02 Å². The lowest BCUT2D eigenvalue weighted by molar-refractivity contribution is 0.631. The number of pyridine rings is 1. The number of aromatic nitrogens is 1. The van der Waals surface area contributed by atoms with Gasteiger partial charge in [0.1, 0.15) is 0 Å². The van der Waals surface area contributed by atoms with Crippen LogP contribution in [-0.2, 0) is 0 Å². The Bertz CT molecular complexity index is 289. The van der Waals surface area contributed by atoms with E-state index in [4.69, 9.17) is 17.3 Å². The molecule has 1 aliphatic carbocycles. The summed E-state index contributed by atoms with van der Waals surface area (Å²) in [4.78, 5) is 4.00. The first-order chi connectivity index (χ1) is 5.77. The fourth-order valence-corrected chi connectivity index (χ4v) is 1.52. The Morgan fingerprint density at radius 1 is 1.36 bits per heavy atom. The number of nitrogens with two attached hydrogens (primary N) is 1. The molecule has 0 aromatic carbocycles. The molecule has 0 bridgehead atoms. The molecule has 0 amide bonds. The van der Waals surface area contributed by atoms with Crippen molar-refractivity contribution in [3.8, 4) is 0 Å². The summed E-state index contributed by atoms with van der Waals surface area (Å²) in [5.41, 5.74) is 7.03. The van der Waals surface area contributed by atoms with E-state index in [9.17, 15) is 0 Å². The van der Waals surface area contributed by atoms with E-state index in [1.807, 2.05) is 6.07 Å². The first kappa shape index (κ1) is 14.0. The van der Waals surface area contributed by atoms with Gasteiger partial charge in [-0.1, -0.05) is 11.6 Å². The highest BCUT2D eigenvalue weighted by Gasteiger charge is 2.29. The fourth-order valence-electron chi connectivity index (χ4n) is 1.34. The monoisotopic (exact) mass is 254 g/mol. The third-order valence-corrected chi connectivity index (χ3v) is 2.45. The van der Waals surface area contributed by atoms with E-state index in [0.29, 0.717) is 10.9 Å². The van der Waals surface area contributed by atoms with Crippen LogP contribution in [0.25, 0.3) is 0 Å². The minimum atomic E-state index is 0. The SMILES string of the molecule is Cl.Cl.NC(c1cncc(Cl)c1)C1CC1. The topological polar surface area (TPSA) is 38.9 Å². The third kappa shape index (κ3) is 3.28. The van der Waals surface area contributed by atoms with Gasteiger partial charge in [-0.25, -0.2) is 0 Å². The van der Waals surface area contributed by atoms with E-state index in [-0.39, 0.29) is 30.9 Å². The summed E-state index contributed by atoms with van der Waals surface area (Å²) in [5.74, 6) is 0.658. The van der Waals surface area contributed by atoms with E-state index < -0.39 is 0 Å². The van der Waals surface area contributed by atoms with Gasteiger partial charge in [-0.2, -0.15) is 0 Å². The third-order valence-electron chi connectivity index (χ3n) is 2.24. The molecule has 80 valence electrons. The van der Waals surface area contributed by atoms with Crippen LogP contribution in [0.15, 0.2) is 18.5 Å². The largest absolute Gasteiger partial charge is 0.324 e. The van der Waals surface area contributed by atoms with Gasteiger partial charge in [-0.05, 0) is 30.4 Å². The van der Waals surface area contributed by atoms with Crippen molar-refractivity contribution < 1.29 is 0 Å². The maximum absolute atomic E-state index is 5.97. The summed E-state index contributed by atoms with van der Waals surface area (Å²) < 4.78 is 0. The first-order valence-electron chi connectivity index (χ1n) is 4.13. The van der Waals surface area contributed by atoms with Gasteiger partial charge in [0.2, 0.25) is 0 Å². The molecule has 1 heterocycles. The number of hydrogen-bond acceptors (Lipinski definition) is 2. The zero-order chi connectivity index (χ0) is 8.55. The van der Waals surface area contributed by atoms with Crippen LogP contribution in [-0.4, -0.2) is 4.98 Å². The smallest absolute Gasteiger partial charge is 0.0592 e. The zero-order valence-electron chi connectivity index (χ0n) is 7.52. The van der Waals surface area contributed by atoms with Crippen LogP contribution < -0.4 is 5.73 Å². The first-order valence-corrected chi connectivity index (χ1v) is 4.51. The van der Waals surface area contributed by atoms with Crippen LogP contribution >= 0.6 is 36.4 Å². The van der Waals surface area contributed by atoms with Gasteiger partial charge in [0.15, 0.2) is 0 Å². The molecule has 5 heteroatoms. The fraction of sp³-hybridized carbons (Fsp3) is 0.444. The van der Waals surface area contributed by atoms with Gasteiger partial charge in [-0.3, -0.25) is 4.98 Å². The van der Waals surface area contributed by atoms with E-state index in [0.717, 1.165) is 5.56 Å². The standard InChI is InChI=1S/C9H11ClN2.2ClH/c10-8-3-7(4-12-5-8)9(11)6-1-2-6;;/h3-6,9H,1-2,11H2;2*1H. The van der Waals surface area contributed by atoms with Gasteiger partial charge in [-0.15, -0.1) is 24.8 Å². The van der Waals surface area contributed by atoms with E-state index >= 15 is 0 Å². The van der Waals surface area contributed by atoms with Crippen molar-refractivity contribution in [2.75, 3.05) is 0 Å². The van der Waals surface area contributed by atoms with Crippen molar-refractivity contribution in [1.82, 2.24) is 4.98 Å². The second-order valence-corrected chi connectivity index (χ2v) is 3.74. The van der Waals surface area contributed by atoms with Gasteiger partial charge < -0.3 is 5.73 Å². The molecule has 0 spiro atoms. The van der Waals surface area contributed by atoms with Crippen molar-refractivity contribution >= 4 is 36.4 Å². The second kappa shape index (κ2) is 5.76. The average Bonchev–Trinajstić information content (AvgIpc) is 2.85. The Hall–Kier alpha value is -0.0200. The highest BCUT2D eigenvalue weighted by atomic mass is 35.5. The molecule has 1 aliphatic rings. The van der Waals surface area contributed by atoms with Crippen LogP contribution in [0.1, 0.15) is 24.4 Å². The second-order valence-electron chi connectivity index (χ2n) is 3.30. The van der Waals surface area contributed by atoms with Crippen LogP contribution in [0.4, 0.5) is 0 Å². The molecule has 1 unspecified atom stereocenters. The maximum atomic E-state index is 5.97. The molecule has 1 fully saturated rings. The molecule has 1 atom stereocenters. The number of nitrogens with zero attached hydrogens (tertiary/aromatic N) is 1. The molecular formula is C9H13Cl3N2. The molecule has 0 saturated heterocycles. The van der Waals surface area contributed by atoms with Crippen LogP contribution in [0.5, 0.6) is 0 Å². The Morgan fingerprint density at radius 2 is 2.00 bits per heavy atom. The van der Waals surface area contributed by atoms with Gasteiger partial charge in [0.25, 0.3) is 0 Å². The summed E-state index contributed by atoms with van der Waals surface area (Å²) in [6.07, 6.45) is 5.92. The lowest BCUT2D eigenvalue weighted by Crippen LogP contribution is -2.12. The Morgan fingerprint density at radius 3 is 2.50 bits per heavy atom. The Labute approximate surface area is 101 Å². The zero-order valence-corrected chi connectivity index (χ0v) is 9.91. The van der Waals surface area contributed by atoms with Crippen LogP contribution in [0, 0.1) is 5.92 Å². The van der Waals surface area contributed by atoms with E-state index in [1.54, 1.807) is 12.4 Å². The lowest BCUT2D eigenvalue weighted by Gasteiger charge is -2.09. The molecule has 1 aromatic heterocycles. The molecular weight excluding hydrogens is 242 g/mol. The van der Waals surface area contributed by atoms with Crippen molar-refractivity contribution in [3.63, 3.8) is 0 Å². The summed E-state index contributed by atoms with van der Waals surface area (Å²) >= 11 is 5.80. The van der Waals surface area contributed by atoms with E-state index in [1.165, 1.54) is 12.8 Å². The summed E-state index contributed by atoms with van der Waals surface area (Å²) in [7, 11) is 0. The maximum Gasteiger partial charge on any atom is 0.0592 e. The Kier molecular flexibility index (Phi) is 5.75. The number of halogens is 3. The predicted octanol–water partition coefficient (Wildman–Crippen LogP) is 2.99. The molecule has 1 aromatic rings. The minimum Gasteiger partial charge on any atom is -0.324 e. The van der Waals surface area contributed by atoms with Gasteiger partial charge >= 0.3 is 0 Å². The Balaban J connectivity index is 0.000000845. The molecule has 0 radical (unpaired) electrons. The molecule has 0 aliphatic heterocycles. The highest BCUT2D eigenvalue weighted by Crippen LogP contribution is 2.39. The number of rotatable bonds is 2. The highest BCUT2D eigenvalue weighted by molar-refractivity contribution is 6.30. The van der Waals surface area contributed by atoms with Crippen molar-refractivity contribution in [1.29, 1.82) is 0 Å². The quantitative estimate of drug-likeness (QED) is 0.882. The molecule has 2 nitrogen and oxygen atoms in total. The normalized spacial score (nSPS) is 16.4. The van der Waals surface area contributed by atoms with Crippen LogP contribution in [0.2, 0.25) is 5.02 Å². The van der Waals surface area contributed by atoms with Crippen molar-refractivity contribution in [2.45, 2.75) is 18.9 Å². The van der Waals surface area contributed by atoms with E-state index in [2.05, 4.69) is 4.98 Å². The average molecular weight is 256 g/mol. The predicted molar refractivity (Wildman–Crippen MR) is 63.4 cm³/mol. The molecule has 1 saturated carbocycles. The van der Waals surface area contributed by atoms with Crippen LogP contribution in [0.3, 0.4) is 0 Å². The van der Waals surface area contributed by atoms with Gasteiger partial charge in [0, 0.05) is 18.4 Å².